The Morgan fingerprint density at radius 1 is 1.10 bits per heavy atom. The first kappa shape index (κ1) is 12.9. The smallest absolute Gasteiger partial charge is 0.219 e. The average molecular weight is 279 g/mol. The number of nitrogens with two attached hydrogens (primary N) is 1. The molecule has 4 nitrogen and oxygen atoms in total. The van der Waals surface area contributed by atoms with E-state index >= 15 is 0 Å². The number of halogens is 1. The van der Waals surface area contributed by atoms with Gasteiger partial charge >= 0.3 is 0 Å². The topological polar surface area (TPSA) is 71.9 Å². The van der Waals surface area contributed by atoms with Crippen molar-refractivity contribution in [2.75, 3.05) is 5.73 Å². The molecule has 0 bridgehead atoms. The Kier molecular flexibility index (Phi) is 3.13. The minimum absolute atomic E-state index is 0.0238. The molecule has 3 rings (SSSR count). The van der Waals surface area contributed by atoms with Gasteiger partial charge in [0.1, 0.15) is 17.6 Å². The Bertz CT molecular complexity index is 871. The zero-order valence-electron chi connectivity index (χ0n) is 10.9. The fourth-order valence-corrected chi connectivity index (χ4v) is 1.95. The summed E-state index contributed by atoms with van der Waals surface area (Å²) in [7, 11) is 0. The number of hydrogen-bond acceptors (Lipinski definition) is 4. The summed E-state index contributed by atoms with van der Waals surface area (Å²) in [6, 6.07) is 14.7. The molecule has 0 aliphatic rings. The molecule has 3 aromatic rings. The highest BCUT2D eigenvalue weighted by molar-refractivity contribution is 5.82. The van der Waals surface area contributed by atoms with E-state index < -0.39 is 5.82 Å². The normalized spacial score (nSPS) is 10.3. The van der Waals surface area contributed by atoms with Crippen LogP contribution >= 0.6 is 0 Å². The molecule has 0 aliphatic carbocycles. The molecule has 0 fully saturated rings. The molecular weight excluding hydrogens is 269 g/mol. The summed E-state index contributed by atoms with van der Waals surface area (Å²) in [5.74, 6) is 0.00809. The van der Waals surface area contributed by atoms with Crippen LogP contribution in [0.1, 0.15) is 5.56 Å². The molecule has 2 aromatic carbocycles. The highest BCUT2D eigenvalue weighted by Crippen LogP contribution is 2.24. The van der Waals surface area contributed by atoms with Gasteiger partial charge in [0.2, 0.25) is 5.88 Å². The van der Waals surface area contributed by atoms with Crippen LogP contribution < -0.4 is 10.5 Å². The standard InChI is InChI=1S/C16H10FN3O/c17-14-8-13(4-1-11(14)9-18)21-16-6-2-10-7-12(19)3-5-15(10)20-16/h1-8H,19H2. The number of pyridine rings is 1. The van der Waals surface area contributed by atoms with E-state index in [9.17, 15) is 4.39 Å². The molecule has 0 atom stereocenters. The van der Waals surface area contributed by atoms with Crippen molar-refractivity contribution >= 4 is 16.6 Å². The van der Waals surface area contributed by atoms with Gasteiger partial charge < -0.3 is 10.5 Å². The number of hydrogen-bond donors (Lipinski definition) is 1. The number of nitriles is 1. The van der Waals surface area contributed by atoms with Crippen molar-refractivity contribution in [3.8, 4) is 17.7 Å². The molecule has 0 radical (unpaired) electrons. The zero-order chi connectivity index (χ0) is 14.8. The van der Waals surface area contributed by atoms with E-state index in [0.717, 1.165) is 17.0 Å². The SMILES string of the molecule is N#Cc1ccc(Oc2ccc3cc(N)ccc3n2)cc1F. The number of aromatic nitrogens is 1. The van der Waals surface area contributed by atoms with Crippen LogP contribution in [0.3, 0.4) is 0 Å². The second-order valence-electron chi connectivity index (χ2n) is 4.46. The quantitative estimate of drug-likeness (QED) is 0.727. The first-order valence-electron chi connectivity index (χ1n) is 6.19. The molecule has 0 amide bonds. The Morgan fingerprint density at radius 3 is 2.71 bits per heavy atom. The minimum atomic E-state index is -0.622. The molecule has 5 heteroatoms. The fourth-order valence-electron chi connectivity index (χ4n) is 1.95. The van der Waals surface area contributed by atoms with Gasteiger partial charge in [0.25, 0.3) is 0 Å². The molecule has 2 N–H and O–H groups in total. The average Bonchev–Trinajstić information content (AvgIpc) is 2.48. The van der Waals surface area contributed by atoms with Crippen LogP contribution in [0.15, 0.2) is 48.5 Å². The number of nitrogen functional groups attached to an aromatic ring is 1. The van der Waals surface area contributed by atoms with Gasteiger partial charge in [-0.1, -0.05) is 0 Å². The Balaban J connectivity index is 1.93. The Morgan fingerprint density at radius 2 is 1.95 bits per heavy atom. The predicted octanol–water partition coefficient (Wildman–Crippen LogP) is 3.62. The molecule has 102 valence electrons. The van der Waals surface area contributed by atoms with Crippen molar-refractivity contribution in [2.45, 2.75) is 0 Å². The number of ether oxygens (including phenoxy) is 1. The third-order valence-electron chi connectivity index (χ3n) is 2.97. The number of benzene rings is 2. The van der Waals surface area contributed by atoms with Gasteiger partial charge in [-0.2, -0.15) is 5.26 Å². The summed E-state index contributed by atoms with van der Waals surface area (Å²) < 4.78 is 19.0. The molecule has 21 heavy (non-hydrogen) atoms. The minimum Gasteiger partial charge on any atom is -0.439 e. The lowest BCUT2D eigenvalue weighted by atomic mass is 10.2. The van der Waals surface area contributed by atoms with Crippen molar-refractivity contribution in [3.63, 3.8) is 0 Å². The summed E-state index contributed by atoms with van der Waals surface area (Å²) in [4.78, 5) is 4.32. The summed E-state index contributed by atoms with van der Waals surface area (Å²) in [5.41, 5.74) is 7.07. The van der Waals surface area contributed by atoms with Crippen LogP contribution in [0.4, 0.5) is 10.1 Å². The maximum atomic E-state index is 13.5. The van der Waals surface area contributed by atoms with Crippen molar-refractivity contribution in [1.82, 2.24) is 4.98 Å². The second-order valence-corrected chi connectivity index (χ2v) is 4.46. The summed E-state index contributed by atoms with van der Waals surface area (Å²) in [5, 5.41) is 9.58. The van der Waals surface area contributed by atoms with Gasteiger partial charge in [0.15, 0.2) is 0 Å². The van der Waals surface area contributed by atoms with Crippen LogP contribution in [0.25, 0.3) is 10.9 Å². The van der Waals surface area contributed by atoms with E-state index in [1.54, 1.807) is 24.3 Å². The van der Waals surface area contributed by atoms with Crippen molar-refractivity contribution < 1.29 is 9.13 Å². The second kappa shape index (κ2) is 5.10. The molecule has 0 spiro atoms. The van der Waals surface area contributed by atoms with Gasteiger partial charge in [-0.3, -0.25) is 0 Å². The number of nitrogens with zero attached hydrogens (tertiary/aromatic N) is 2. The van der Waals surface area contributed by atoms with Gasteiger partial charge in [-0.25, -0.2) is 9.37 Å². The third-order valence-corrected chi connectivity index (χ3v) is 2.97. The molecule has 0 saturated heterocycles. The molecule has 0 aliphatic heterocycles. The summed E-state index contributed by atoms with van der Waals surface area (Å²) in [6.07, 6.45) is 0. The van der Waals surface area contributed by atoms with Gasteiger partial charge in [-0.05, 0) is 36.4 Å². The summed E-state index contributed by atoms with van der Waals surface area (Å²) in [6.45, 7) is 0. The first-order valence-corrected chi connectivity index (χ1v) is 6.19. The van der Waals surface area contributed by atoms with E-state index in [0.29, 0.717) is 11.6 Å². The molecule has 0 saturated carbocycles. The van der Waals surface area contributed by atoms with Crippen LogP contribution in [0.5, 0.6) is 11.6 Å². The lowest BCUT2D eigenvalue weighted by Crippen LogP contribution is -1.91. The van der Waals surface area contributed by atoms with E-state index in [1.807, 2.05) is 12.1 Å². The van der Waals surface area contributed by atoms with Crippen LogP contribution in [-0.4, -0.2) is 4.98 Å². The van der Waals surface area contributed by atoms with Gasteiger partial charge in [0.05, 0.1) is 11.1 Å². The van der Waals surface area contributed by atoms with Crippen molar-refractivity contribution in [3.05, 3.63) is 59.9 Å². The molecule has 1 aromatic heterocycles. The van der Waals surface area contributed by atoms with Crippen LogP contribution in [0.2, 0.25) is 0 Å². The number of fused-ring (bicyclic) bond motifs is 1. The first-order chi connectivity index (χ1) is 10.2. The maximum Gasteiger partial charge on any atom is 0.219 e. The van der Waals surface area contributed by atoms with Gasteiger partial charge in [0, 0.05) is 23.2 Å². The predicted molar refractivity (Wildman–Crippen MR) is 77.3 cm³/mol. The van der Waals surface area contributed by atoms with E-state index in [2.05, 4.69) is 4.98 Å². The number of rotatable bonds is 2. The van der Waals surface area contributed by atoms with Crippen molar-refractivity contribution in [2.24, 2.45) is 0 Å². The highest BCUT2D eigenvalue weighted by atomic mass is 19.1. The highest BCUT2D eigenvalue weighted by Gasteiger charge is 2.06. The van der Waals surface area contributed by atoms with E-state index in [4.69, 9.17) is 15.7 Å². The largest absolute Gasteiger partial charge is 0.439 e. The van der Waals surface area contributed by atoms with Crippen molar-refractivity contribution in [1.29, 1.82) is 5.26 Å². The molecule has 1 heterocycles. The van der Waals surface area contributed by atoms with Crippen LogP contribution in [-0.2, 0) is 0 Å². The Labute approximate surface area is 120 Å². The van der Waals surface area contributed by atoms with Gasteiger partial charge in [-0.15, -0.1) is 0 Å². The third kappa shape index (κ3) is 2.60. The fraction of sp³-hybridized carbons (Fsp3) is 0. The lowest BCUT2D eigenvalue weighted by molar-refractivity contribution is 0.460. The lowest BCUT2D eigenvalue weighted by Gasteiger charge is -2.06. The number of anilines is 1. The van der Waals surface area contributed by atoms with Crippen LogP contribution in [0, 0.1) is 17.1 Å². The zero-order valence-corrected chi connectivity index (χ0v) is 10.9. The Hall–Kier alpha value is -3.13. The monoisotopic (exact) mass is 279 g/mol. The summed E-state index contributed by atoms with van der Waals surface area (Å²) >= 11 is 0. The molecule has 0 unspecified atom stereocenters. The van der Waals surface area contributed by atoms with E-state index in [1.165, 1.54) is 12.1 Å². The van der Waals surface area contributed by atoms with E-state index in [-0.39, 0.29) is 11.3 Å². The molecular formula is C16H10FN3O. The maximum absolute atomic E-state index is 13.5.